The molecule has 0 amide bonds. The van der Waals surface area contributed by atoms with E-state index in [-0.39, 0.29) is 5.76 Å². The summed E-state index contributed by atoms with van der Waals surface area (Å²) >= 11 is 0. The van der Waals surface area contributed by atoms with Crippen molar-refractivity contribution in [2.24, 2.45) is 0 Å². The van der Waals surface area contributed by atoms with E-state index in [1.807, 2.05) is 65.3 Å². The molecule has 6 rings (SSSR count). The summed E-state index contributed by atoms with van der Waals surface area (Å²) in [6, 6.07) is 19.2. The van der Waals surface area contributed by atoms with Gasteiger partial charge >= 0.3 is 5.97 Å². The van der Waals surface area contributed by atoms with Crippen molar-refractivity contribution in [1.29, 1.82) is 0 Å². The first-order valence-electron chi connectivity index (χ1n) is 10.6. The van der Waals surface area contributed by atoms with Crippen LogP contribution in [0.2, 0.25) is 0 Å². The van der Waals surface area contributed by atoms with Gasteiger partial charge in [-0.15, -0.1) is 0 Å². The number of nitrogens with zero attached hydrogens (tertiary/aromatic N) is 2. The van der Waals surface area contributed by atoms with Gasteiger partial charge in [-0.25, -0.2) is 4.79 Å². The van der Waals surface area contributed by atoms with Gasteiger partial charge < -0.3 is 14.0 Å². The van der Waals surface area contributed by atoms with Crippen molar-refractivity contribution in [3.8, 4) is 17.3 Å². The number of allylic oxidation sites excluding steroid dienone is 6. The summed E-state index contributed by atoms with van der Waals surface area (Å²) in [5.41, 5.74) is 3.42. The number of furan rings is 1. The molecule has 33 heavy (non-hydrogen) atoms. The van der Waals surface area contributed by atoms with Crippen LogP contribution in [0.15, 0.2) is 100.0 Å². The number of aromatic carboxylic acids is 1. The van der Waals surface area contributed by atoms with E-state index in [2.05, 4.69) is 23.4 Å². The predicted octanol–water partition coefficient (Wildman–Crippen LogP) is 6.63. The molecule has 3 aromatic heterocycles. The summed E-state index contributed by atoms with van der Waals surface area (Å²) in [6.07, 6.45) is 10.8. The van der Waals surface area contributed by atoms with E-state index in [0.717, 1.165) is 45.1 Å². The largest absolute Gasteiger partial charge is 0.475 e. The minimum atomic E-state index is -1.12. The molecule has 0 radical (unpaired) electrons. The predicted molar refractivity (Wildman–Crippen MR) is 126 cm³/mol. The van der Waals surface area contributed by atoms with Crippen LogP contribution in [0.1, 0.15) is 22.7 Å². The van der Waals surface area contributed by atoms with Crippen LogP contribution in [0.5, 0.6) is 0 Å². The summed E-state index contributed by atoms with van der Waals surface area (Å²) in [6.45, 7) is 0. The third kappa shape index (κ3) is 3.20. The van der Waals surface area contributed by atoms with E-state index < -0.39 is 5.97 Å². The van der Waals surface area contributed by atoms with Gasteiger partial charge in [-0.2, -0.15) is 0 Å². The molecular weight excluding hydrogens is 416 g/mol. The first-order valence-corrected chi connectivity index (χ1v) is 10.6. The lowest BCUT2D eigenvalue weighted by molar-refractivity contribution is 0.0662. The quantitative estimate of drug-likeness (QED) is 0.343. The molecule has 160 valence electrons. The Kier molecular flexibility index (Phi) is 4.36. The molecule has 6 heteroatoms. The fourth-order valence-electron chi connectivity index (χ4n) is 4.26. The maximum Gasteiger partial charge on any atom is 0.371 e. The lowest BCUT2D eigenvalue weighted by Gasteiger charge is -2.06. The highest BCUT2D eigenvalue weighted by Crippen LogP contribution is 2.37. The number of carboxylic acids is 1. The molecule has 3 heterocycles. The topological polar surface area (TPSA) is 81.4 Å². The van der Waals surface area contributed by atoms with Crippen LogP contribution >= 0.6 is 0 Å². The fourth-order valence-corrected chi connectivity index (χ4v) is 4.26. The summed E-state index contributed by atoms with van der Waals surface area (Å²) in [7, 11) is 0. The molecule has 0 saturated carbocycles. The molecule has 0 saturated heterocycles. The molecule has 6 nitrogen and oxygen atoms in total. The molecule has 5 aromatic rings. The number of hydrogen-bond donors (Lipinski definition) is 1. The number of carboxylic acid groups (broad SMARTS) is 1. The number of benzene rings is 2. The Hall–Kier alpha value is -4.58. The van der Waals surface area contributed by atoms with Crippen molar-refractivity contribution in [2.45, 2.75) is 6.42 Å². The van der Waals surface area contributed by atoms with Gasteiger partial charge in [0.2, 0.25) is 11.6 Å². The van der Waals surface area contributed by atoms with E-state index >= 15 is 0 Å². The number of rotatable bonds is 4. The summed E-state index contributed by atoms with van der Waals surface area (Å²) in [5, 5.41) is 16.9. The minimum Gasteiger partial charge on any atom is -0.475 e. The molecule has 0 bridgehead atoms. The van der Waals surface area contributed by atoms with Crippen LogP contribution in [0.4, 0.5) is 0 Å². The number of aromatic nitrogens is 2. The Morgan fingerprint density at radius 3 is 2.76 bits per heavy atom. The monoisotopic (exact) mass is 434 g/mol. The van der Waals surface area contributed by atoms with Gasteiger partial charge in [-0.05, 0) is 41.0 Å². The highest BCUT2D eigenvalue weighted by Gasteiger charge is 2.21. The van der Waals surface area contributed by atoms with E-state index in [9.17, 15) is 9.90 Å². The molecule has 0 fully saturated rings. The zero-order valence-corrected chi connectivity index (χ0v) is 17.4. The Morgan fingerprint density at radius 2 is 1.88 bits per heavy atom. The Labute approximate surface area is 188 Å². The second-order valence-electron chi connectivity index (χ2n) is 7.81. The van der Waals surface area contributed by atoms with Crippen LogP contribution in [-0.2, 0) is 0 Å². The molecule has 1 N–H and O–H groups in total. The second kappa shape index (κ2) is 7.53. The van der Waals surface area contributed by atoms with Crippen LogP contribution < -0.4 is 0 Å². The molecule has 1 aliphatic rings. The van der Waals surface area contributed by atoms with Gasteiger partial charge in [0, 0.05) is 17.5 Å². The maximum atomic E-state index is 11.4. The lowest BCUT2D eigenvalue weighted by Crippen LogP contribution is -1.96. The van der Waals surface area contributed by atoms with E-state index in [1.54, 1.807) is 6.07 Å². The lowest BCUT2D eigenvalue weighted by atomic mass is 10.1. The second-order valence-corrected chi connectivity index (χ2v) is 7.81. The maximum absolute atomic E-state index is 11.4. The third-order valence-electron chi connectivity index (χ3n) is 5.82. The van der Waals surface area contributed by atoms with E-state index in [0.29, 0.717) is 11.6 Å². The molecule has 0 atom stereocenters. The molecule has 2 aromatic carbocycles. The van der Waals surface area contributed by atoms with Gasteiger partial charge in [0.15, 0.2) is 5.76 Å². The average molecular weight is 434 g/mol. The van der Waals surface area contributed by atoms with Gasteiger partial charge in [0.05, 0.1) is 11.2 Å². The van der Waals surface area contributed by atoms with Crippen molar-refractivity contribution >= 4 is 33.2 Å². The zero-order chi connectivity index (χ0) is 22.4. The normalized spacial score (nSPS) is 13.5. The molecule has 0 unspecified atom stereocenters. The van der Waals surface area contributed by atoms with Gasteiger partial charge in [-0.3, -0.25) is 4.57 Å². The molecular formula is C27H18N2O4. The first kappa shape index (κ1) is 19.1. The van der Waals surface area contributed by atoms with Crippen molar-refractivity contribution in [1.82, 2.24) is 9.72 Å². The van der Waals surface area contributed by atoms with Crippen molar-refractivity contribution < 1.29 is 18.8 Å². The molecule has 1 aliphatic carbocycles. The number of fused-ring (bicyclic) bond motifs is 3. The molecule has 0 aliphatic heterocycles. The fraction of sp³-hybridized carbons (Fsp3) is 0.0370. The summed E-state index contributed by atoms with van der Waals surface area (Å²) in [4.78, 5) is 11.4. The smallest absolute Gasteiger partial charge is 0.371 e. The number of hydrogen-bond acceptors (Lipinski definition) is 4. The highest BCUT2D eigenvalue weighted by atomic mass is 16.5. The van der Waals surface area contributed by atoms with Gasteiger partial charge in [0.25, 0.3) is 0 Å². The van der Waals surface area contributed by atoms with Crippen LogP contribution in [0, 0.1) is 0 Å². The van der Waals surface area contributed by atoms with Crippen LogP contribution in [-0.4, -0.2) is 20.8 Å². The van der Waals surface area contributed by atoms with Crippen molar-refractivity contribution in [2.75, 3.05) is 0 Å². The Morgan fingerprint density at radius 1 is 0.970 bits per heavy atom. The summed E-state index contributed by atoms with van der Waals surface area (Å²) < 4.78 is 13.3. The Balaban J connectivity index is 1.58. The average Bonchev–Trinajstić information content (AvgIpc) is 3.53. The van der Waals surface area contributed by atoms with E-state index in [1.165, 1.54) is 6.07 Å². The first-order chi connectivity index (χ1) is 16.2. The van der Waals surface area contributed by atoms with Gasteiger partial charge in [-0.1, -0.05) is 65.9 Å². The van der Waals surface area contributed by atoms with Crippen molar-refractivity contribution in [3.05, 3.63) is 102 Å². The van der Waals surface area contributed by atoms with Crippen LogP contribution in [0.3, 0.4) is 0 Å². The SMILES string of the molecule is O=C(O)c1ccc(-n2c(-c3cc(C4=CC=CC=CC4)no3)cc3c4ccccc4ccc32)o1. The minimum absolute atomic E-state index is 0.126. The Bertz CT molecular complexity index is 1620. The molecule has 0 spiro atoms. The van der Waals surface area contributed by atoms with E-state index in [4.69, 9.17) is 8.94 Å². The third-order valence-corrected chi connectivity index (χ3v) is 5.82. The van der Waals surface area contributed by atoms with Crippen molar-refractivity contribution in [3.63, 3.8) is 0 Å². The van der Waals surface area contributed by atoms with Crippen LogP contribution in [0.25, 0.3) is 44.6 Å². The van der Waals surface area contributed by atoms with Gasteiger partial charge in [0.1, 0.15) is 5.69 Å². The standard InChI is InChI=1S/C27H18N2O4/c30-27(31)24-13-14-26(32-24)29-22-12-11-17-7-5-6-10-19(17)20(22)15-23(29)25-16-21(28-33-25)18-8-3-1-2-4-9-18/h1-8,10-16H,9H2,(H,30,31). The zero-order valence-electron chi connectivity index (χ0n) is 17.4. The summed E-state index contributed by atoms with van der Waals surface area (Å²) in [5.74, 6) is -0.283. The highest BCUT2D eigenvalue weighted by molar-refractivity contribution is 6.09. The number of carbonyl (C=O) groups is 1.